The van der Waals surface area contributed by atoms with Gasteiger partial charge in [0.05, 0.1) is 35.7 Å². The number of hydrogen-bond acceptors (Lipinski definition) is 8. The molecule has 0 amide bonds. The van der Waals surface area contributed by atoms with Crippen LogP contribution in [0.3, 0.4) is 0 Å². The zero-order chi connectivity index (χ0) is 30.5. The van der Waals surface area contributed by atoms with Crippen molar-refractivity contribution in [2.75, 3.05) is 43.9 Å². The van der Waals surface area contributed by atoms with Gasteiger partial charge in [0, 0.05) is 43.2 Å². The van der Waals surface area contributed by atoms with Crippen molar-refractivity contribution in [3.63, 3.8) is 0 Å². The van der Waals surface area contributed by atoms with Gasteiger partial charge < -0.3 is 20.1 Å². The lowest BCUT2D eigenvalue weighted by molar-refractivity contribution is -0.140. The molecule has 0 radical (unpaired) electrons. The number of nitrogens with two attached hydrogens (primary N) is 1. The van der Waals surface area contributed by atoms with E-state index in [-0.39, 0.29) is 30.5 Å². The number of methoxy groups -OCH3 is 1. The number of fused-ring (bicyclic) bond motifs is 4. The summed E-state index contributed by atoms with van der Waals surface area (Å²) in [5.74, 6) is 1.92. The average Bonchev–Trinajstić information content (AvgIpc) is 3.66. The second-order valence-corrected chi connectivity index (χ2v) is 12.4. The maximum Gasteiger partial charge on any atom is 0.419 e. The zero-order valence-corrected chi connectivity index (χ0v) is 24.5. The van der Waals surface area contributed by atoms with Crippen LogP contribution in [0.25, 0.3) is 0 Å². The zero-order valence-electron chi connectivity index (χ0n) is 23.8. The molecule has 5 aliphatic rings. The summed E-state index contributed by atoms with van der Waals surface area (Å²) in [6, 6.07) is 1.62. The predicted molar refractivity (Wildman–Crippen MR) is 150 cm³/mol. The minimum atomic E-state index is -4.70. The van der Waals surface area contributed by atoms with Crippen molar-refractivity contribution < 1.29 is 31.4 Å². The van der Waals surface area contributed by atoms with Crippen molar-refractivity contribution in [3.05, 3.63) is 45.3 Å². The molecule has 1 saturated carbocycles. The first kappa shape index (κ1) is 30.3. The lowest BCUT2D eigenvalue weighted by atomic mass is 9.96. The second-order valence-electron chi connectivity index (χ2n) is 12.0. The third-order valence-electron chi connectivity index (χ3n) is 9.20. The van der Waals surface area contributed by atoms with Crippen LogP contribution in [-0.4, -0.2) is 59.2 Å². The highest BCUT2D eigenvalue weighted by Gasteiger charge is 2.42. The van der Waals surface area contributed by atoms with E-state index in [9.17, 15) is 22.0 Å². The van der Waals surface area contributed by atoms with Gasteiger partial charge in [-0.15, -0.1) is 0 Å². The van der Waals surface area contributed by atoms with Crippen LogP contribution >= 0.6 is 11.6 Å². The van der Waals surface area contributed by atoms with E-state index >= 15 is 0 Å². The summed E-state index contributed by atoms with van der Waals surface area (Å²) < 4.78 is 76.6. The fraction of sp³-hybridized carbons (Fsp3) is 0.621. The molecule has 43 heavy (non-hydrogen) atoms. The lowest BCUT2D eigenvalue weighted by Gasteiger charge is -2.36. The number of halogens is 6. The Hall–Kier alpha value is -2.77. The summed E-state index contributed by atoms with van der Waals surface area (Å²) in [4.78, 5) is 17.4. The van der Waals surface area contributed by atoms with Gasteiger partial charge in [0.15, 0.2) is 0 Å². The molecule has 2 aromatic heterocycles. The van der Waals surface area contributed by atoms with Gasteiger partial charge in [-0.1, -0.05) is 11.6 Å². The van der Waals surface area contributed by atoms with E-state index in [4.69, 9.17) is 26.8 Å². The molecular formula is C29H34ClF5N6O2. The molecule has 2 aromatic rings. The van der Waals surface area contributed by atoms with Gasteiger partial charge in [-0.05, 0) is 63.0 Å². The molecule has 7 rings (SSSR count). The third-order valence-corrected chi connectivity index (χ3v) is 9.50. The van der Waals surface area contributed by atoms with E-state index in [0.717, 1.165) is 43.5 Å². The van der Waals surface area contributed by atoms with Crippen LogP contribution in [0.1, 0.15) is 67.1 Å². The maximum absolute atomic E-state index is 13.7. The van der Waals surface area contributed by atoms with Crippen LogP contribution in [0, 0.1) is 11.8 Å². The standard InChI is InChI=1S/C21H23ClF3N5O2.C8H11F2N/c1-31-20-27-14-6-15(18-17(21(23,24)25)13(22)5-16(26)28-18)32-9-12(14)19(29-20)30-7-10-2-3-11(4-10)8-30;9-8(10)6-4-7-2-1-3-11(7)5-6/h5,10-11,15H,2-4,6-9H2,1H3,(H2,26,28);7H,1-5H2. The van der Waals surface area contributed by atoms with Crippen LogP contribution in [0.15, 0.2) is 17.7 Å². The number of aromatic nitrogens is 3. The van der Waals surface area contributed by atoms with Gasteiger partial charge >= 0.3 is 12.2 Å². The summed E-state index contributed by atoms with van der Waals surface area (Å²) in [6.07, 6.45) is -0.481. The lowest BCUT2D eigenvalue weighted by Crippen LogP contribution is -2.38. The summed E-state index contributed by atoms with van der Waals surface area (Å²) >= 11 is 5.90. The molecule has 3 saturated heterocycles. The summed E-state index contributed by atoms with van der Waals surface area (Å²) in [6.45, 7) is 3.40. The molecule has 14 heteroatoms. The van der Waals surface area contributed by atoms with E-state index in [1.165, 1.54) is 32.8 Å². The molecule has 1 aliphatic carbocycles. The van der Waals surface area contributed by atoms with Crippen molar-refractivity contribution >= 4 is 23.2 Å². The number of alkyl halides is 3. The van der Waals surface area contributed by atoms with Crippen LogP contribution in [0.4, 0.5) is 33.6 Å². The van der Waals surface area contributed by atoms with Crippen molar-refractivity contribution in [1.29, 1.82) is 0 Å². The minimum absolute atomic E-state index is 0.0660. The highest BCUT2D eigenvalue weighted by molar-refractivity contribution is 6.31. The van der Waals surface area contributed by atoms with Crippen molar-refractivity contribution in [2.45, 2.75) is 69.9 Å². The van der Waals surface area contributed by atoms with E-state index < -0.39 is 28.9 Å². The maximum atomic E-state index is 13.7. The van der Waals surface area contributed by atoms with Gasteiger partial charge in [-0.25, -0.2) is 4.98 Å². The summed E-state index contributed by atoms with van der Waals surface area (Å²) in [5.41, 5.74) is 6.09. The third kappa shape index (κ3) is 6.26. The second kappa shape index (κ2) is 12.0. The molecule has 2 N–H and O–H groups in total. The predicted octanol–water partition coefficient (Wildman–Crippen LogP) is 6.19. The number of anilines is 2. The van der Waals surface area contributed by atoms with Crippen molar-refractivity contribution in [3.8, 4) is 6.01 Å². The molecule has 2 bridgehead atoms. The Kier molecular flexibility index (Phi) is 8.42. The summed E-state index contributed by atoms with van der Waals surface area (Å²) in [5, 5.41) is -0.501. The molecule has 4 unspecified atom stereocenters. The van der Waals surface area contributed by atoms with Crippen molar-refractivity contribution in [2.24, 2.45) is 11.8 Å². The number of piperidine rings is 1. The Bertz CT molecular complexity index is 1380. The van der Waals surface area contributed by atoms with Gasteiger partial charge in [0.25, 0.3) is 6.08 Å². The van der Waals surface area contributed by atoms with Crippen molar-refractivity contribution in [1.82, 2.24) is 19.9 Å². The molecular weight excluding hydrogens is 595 g/mol. The number of ether oxygens (including phenoxy) is 2. The SMILES string of the molecule is COc1nc2c(c(N3CC4CCC(C4)C3)n1)COC(c1nc(N)cc(Cl)c1C(F)(F)F)C2.FC(F)=C1CC2CCCN2C1. The molecule has 0 aromatic carbocycles. The first-order valence-electron chi connectivity index (χ1n) is 14.6. The van der Waals surface area contributed by atoms with Crippen LogP contribution in [0.2, 0.25) is 5.02 Å². The topological polar surface area (TPSA) is 89.6 Å². The molecule has 4 atom stereocenters. The van der Waals surface area contributed by atoms with Gasteiger partial charge in [0.2, 0.25) is 0 Å². The first-order chi connectivity index (χ1) is 20.5. The number of nitrogens with zero attached hydrogens (tertiary/aromatic N) is 5. The Morgan fingerprint density at radius 3 is 2.49 bits per heavy atom. The largest absolute Gasteiger partial charge is 0.467 e. The normalized spacial score (nSPS) is 26.6. The van der Waals surface area contributed by atoms with Crippen LogP contribution in [-0.2, 0) is 23.9 Å². The van der Waals surface area contributed by atoms with E-state index in [2.05, 4.69) is 24.8 Å². The number of nitrogen functional groups attached to an aromatic ring is 1. The Morgan fingerprint density at radius 1 is 1.09 bits per heavy atom. The molecule has 234 valence electrons. The molecule has 0 spiro atoms. The Balaban J connectivity index is 0.000000250. The molecule has 6 heterocycles. The van der Waals surface area contributed by atoms with E-state index in [0.29, 0.717) is 42.1 Å². The summed E-state index contributed by atoms with van der Waals surface area (Å²) in [7, 11) is 1.48. The quantitative estimate of drug-likeness (QED) is 0.403. The fourth-order valence-electron chi connectivity index (χ4n) is 7.27. The smallest absolute Gasteiger partial charge is 0.419 e. The number of rotatable bonds is 3. The Morgan fingerprint density at radius 2 is 1.84 bits per heavy atom. The van der Waals surface area contributed by atoms with Gasteiger partial charge in [0.1, 0.15) is 17.7 Å². The van der Waals surface area contributed by atoms with Crippen LogP contribution < -0.4 is 15.4 Å². The number of hydrogen-bond donors (Lipinski definition) is 1. The highest BCUT2D eigenvalue weighted by atomic mass is 35.5. The average molecular weight is 629 g/mol. The van der Waals surface area contributed by atoms with Crippen LogP contribution in [0.5, 0.6) is 6.01 Å². The van der Waals surface area contributed by atoms with Gasteiger partial charge in [-0.2, -0.15) is 31.9 Å². The molecule has 4 fully saturated rings. The molecule has 8 nitrogen and oxygen atoms in total. The minimum Gasteiger partial charge on any atom is -0.467 e. The van der Waals surface area contributed by atoms with Gasteiger partial charge in [-0.3, -0.25) is 4.90 Å². The monoisotopic (exact) mass is 628 g/mol. The first-order valence-corrected chi connectivity index (χ1v) is 15.0. The number of pyridine rings is 1. The van der Waals surface area contributed by atoms with E-state index in [1.807, 2.05) is 0 Å². The highest BCUT2D eigenvalue weighted by Crippen LogP contribution is 2.44. The Labute approximate surface area is 251 Å². The van der Waals surface area contributed by atoms with E-state index in [1.54, 1.807) is 0 Å². The fourth-order valence-corrected chi connectivity index (χ4v) is 7.59. The molecule has 4 aliphatic heterocycles.